The predicted octanol–water partition coefficient (Wildman–Crippen LogP) is 3.14. The van der Waals surface area contributed by atoms with Crippen LogP contribution in [0.5, 0.6) is 17.4 Å². The van der Waals surface area contributed by atoms with Gasteiger partial charge in [0.2, 0.25) is 0 Å². The number of pyridine rings is 1. The first-order chi connectivity index (χ1) is 20.4. The molecule has 7 rings (SSSR count). The number of fused-ring (bicyclic) bond motifs is 1. The summed E-state index contributed by atoms with van der Waals surface area (Å²) in [4.78, 5) is 26.4. The van der Waals surface area contributed by atoms with E-state index in [1.165, 1.54) is 30.1 Å². The SMILES string of the molecule is C[C@@H]1COC[C@H](C)N1C(=O)c1cc(F)ccc1Oc1nncnc1N1CC2(CC(Oc3ccnc4c3CNCC4)C2)C1. The van der Waals surface area contributed by atoms with Gasteiger partial charge in [-0.15, -0.1) is 10.2 Å². The Morgan fingerprint density at radius 3 is 2.74 bits per heavy atom. The van der Waals surface area contributed by atoms with Crippen molar-refractivity contribution in [1.82, 2.24) is 30.4 Å². The Labute approximate surface area is 243 Å². The third kappa shape index (κ3) is 4.92. The molecule has 1 N–H and O–H groups in total. The number of ether oxygens (including phenoxy) is 3. The number of halogens is 1. The van der Waals surface area contributed by atoms with Crippen LogP contribution < -0.4 is 19.7 Å². The fourth-order valence-electron chi connectivity index (χ4n) is 6.74. The quantitative estimate of drug-likeness (QED) is 0.470. The largest absolute Gasteiger partial charge is 0.490 e. The maximum absolute atomic E-state index is 14.3. The molecule has 1 aromatic carbocycles. The van der Waals surface area contributed by atoms with Crippen molar-refractivity contribution in [3.63, 3.8) is 0 Å². The molecule has 1 aliphatic carbocycles. The second-order valence-electron chi connectivity index (χ2n) is 11.9. The van der Waals surface area contributed by atoms with Gasteiger partial charge in [0.05, 0.1) is 30.9 Å². The highest BCUT2D eigenvalue weighted by Crippen LogP contribution is 2.52. The second-order valence-corrected chi connectivity index (χ2v) is 11.9. The van der Waals surface area contributed by atoms with E-state index in [0.29, 0.717) is 19.0 Å². The lowest BCUT2D eigenvalue weighted by atomic mass is 9.61. The molecule has 3 fully saturated rings. The molecule has 2 atom stereocenters. The molecule has 0 radical (unpaired) electrons. The predicted molar refractivity (Wildman–Crippen MR) is 150 cm³/mol. The molecule has 1 spiro atoms. The first-order valence-electron chi connectivity index (χ1n) is 14.5. The number of anilines is 1. The monoisotopic (exact) mass is 575 g/mol. The Hall–Kier alpha value is -3.90. The summed E-state index contributed by atoms with van der Waals surface area (Å²) in [5.74, 6) is 1.03. The molecule has 5 heterocycles. The van der Waals surface area contributed by atoms with Crippen molar-refractivity contribution in [2.45, 2.75) is 57.8 Å². The van der Waals surface area contributed by atoms with Gasteiger partial charge in [0.15, 0.2) is 5.82 Å². The summed E-state index contributed by atoms with van der Waals surface area (Å²) in [6.45, 7) is 7.98. The van der Waals surface area contributed by atoms with Crippen molar-refractivity contribution in [3.8, 4) is 17.4 Å². The molecule has 2 aromatic heterocycles. The minimum Gasteiger partial charge on any atom is -0.490 e. The fraction of sp³-hybridized carbons (Fsp3) is 0.500. The Morgan fingerprint density at radius 1 is 1.12 bits per heavy atom. The molecule has 11 nitrogen and oxygen atoms in total. The van der Waals surface area contributed by atoms with E-state index < -0.39 is 5.82 Å². The molecule has 1 amide bonds. The van der Waals surface area contributed by atoms with Gasteiger partial charge in [-0.1, -0.05) is 0 Å². The van der Waals surface area contributed by atoms with Crippen molar-refractivity contribution in [1.29, 1.82) is 0 Å². The number of morpholine rings is 1. The number of nitrogens with one attached hydrogen (secondary N) is 1. The van der Waals surface area contributed by atoms with Crippen LogP contribution in [-0.4, -0.2) is 82.0 Å². The van der Waals surface area contributed by atoms with Gasteiger partial charge >= 0.3 is 0 Å². The van der Waals surface area contributed by atoms with E-state index in [4.69, 9.17) is 14.2 Å². The maximum Gasteiger partial charge on any atom is 0.282 e. The van der Waals surface area contributed by atoms with Crippen LogP contribution >= 0.6 is 0 Å². The smallest absolute Gasteiger partial charge is 0.282 e. The van der Waals surface area contributed by atoms with Crippen LogP contribution in [0.1, 0.15) is 48.3 Å². The van der Waals surface area contributed by atoms with Gasteiger partial charge in [0.25, 0.3) is 11.8 Å². The lowest BCUT2D eigenvalue weighted by molar-refractivity contribution is -0.0350. The number of nitrogens with zero attached hydrogens (tertiary/aromatic N) is 6. The van der Waals surface area contributed by atoms with Crippen LogP contribution in [0, 0.1) is 11.2 Å². The Kier molecular flexibility index (Phi) is 6.89. The minimum absolute atomic E-state index is 0.125. The van der Waals surface area contributed by atoms with Crippen LogP contribution in [0.2, 0.25) is 0 Å². The molecule has 12 heteroatoms. The number of rotatable bonds is 6. The van der Waals surface area contributed by atoms with Crippen LogP contribution in [0.4, 0.5) is 10.2 Å². The Bertz CT molecular complexity index is 1480. The molecule has 2 saturated heterocycles. The van der Waals surface area contributed by atoms with E-state index in [1.807, 2.05) is 26.1 Å². The highest BCUT2D eigenvalue weighted by Gasteiger charge is 2.54. The second kappa shape index (κ2) is 10.7. The molecule has 4 aliphatic rings. The summed E-state index contributed by atoms with van der Waals surface area (Å²) in [5, 5.41) is 11.5. The van der Waals surface area contributed by atoms with Gasteiger partial charge < -0.3 is 29.3 Å². The van der Waals surface area contributed by atoms with Crippen molar-refractivity contribution in [3.05, 3.63) is 59.4 Å². The summed E-state index contributed by atoms with van der Waals surface area (Å²) in [6, 6.07) is 5.59. The summed E-state index contributed by atoms with van der Waals surface area (Å²) in [5.41, 5.74) is 2.57. The number of carbonyl (C=O) groups excluding carboxylic acids is 1. The Balaban J connectivity index is 1.03. The lowest BCUT2D eigenvalue weighted by Crippen LogP contribution is -2.65. The molecule has 42 heavy (non-hydrogen) atoms. The van der Waals surface area contributed by atoms with Crippen molar-refractivity contribution in [2.24, 2.45) is 5.41 Å². The van der Waals surface area contributed by atoms with Gasteiger partial charge in [0.1, 0.15) is 29.7 Å². The van der Waals surface area contributed by atoms with E-state index in [2.05, 4.69) is 30.4 Å². The summed E-state index contributed by atoms with van der Waals surface area (Å²) < 4.78 is 32.5. The highest BCUT2D eigenvalue weighted by atomic mass is 19.1. The first-order valence-corrected chi connectivity index (χ1v) is 14.5. The Morgan fingerprint density at radius 2 is 1.93 bits per heavy atom. The third-order valence-electron chi connectivity index (χ3n) is 8.76. The number of hydrogen-bond donors (Lipinski definition) is 1. The van der Waals surface area contributed by atoms with E-state index in [0.717, 1.165) is 56.9 Å². The molecule has 0 unspecified atom stereocenters. The number of benzene rings is 1. The lowest BCUT2D eigenvalue weighted by Gasteiger charge is -2.58. The van der Waals surface area contributed by atoms with Gasteiger partial charge in [0, 0.05) is 55.5 Å². The van der Waals surface area contributed by atoms with E-state index in [-0.39, 0.29) is 46.7 Å². The normalized spacial score (nSPS) is 23.1. The van der Waals surface area contributed by atoms with Crippen LogP contribution in [0.15, 0.2) is 36.8 Å². The number of carbonyl (C=O) groups is 1. The maximum atomic E-state index is 14.3. The van der Waals surface area contributed by atoms with Crippen molar-refractivity contribution < 1.29 is 23.4 Å². The van der Waals surface area contributed by atoms with Crippen molar-refractivity contribution >= 4 is 11.7 Å². The summed E-state index contributed by atoms with van der Waals surface area (Å²) in [7, 11) is 0. The molecular formula is C30H34FN7O4. The van der Waals surface area contributed by atoms with Crippen molar-refractivity contribution in [2.75, 3.05) is 37.7 Å². The molecule has 3 aromatic rings. The van der Waals surface area contributed by atoms with Crippen LogP contribution in [0.25, 0.3) is 0 Å². The fourth-order valence-corrected chi connectivity index (χ4v) is 6.74. The van der Waals surface area contributed by atoms with Crippen LogP contribution in [0.3, 0.4) is 0 Å². The molecule has 1 saturated carbocycles. The highest BCUT2D eigenvalue weighted by molar-refractivity contribution is 5.97. The average Bonchev–Trinajstić information content (AvgIpc) is 2.95. The summed E-state index contributed by atoms with van der Waals surface area (Å²) >= 11 is 0. The third-order valence-corrected chi connectivity index (χ3v) is 8.76. The van der Waals surface area contributed by atoms with Crippen LogP contribution in [-0.2, 0) is 17.7 Å². The molecule has 0 bridgehead atoms. The zero-order chi connectivity index (χ0) is 28.8. The number of hydrogen-bond acceptors (Lipinski definition) is 10. The molecule has 220 valence electrons. The van der Waals surface area contributed by atoms with Gasteiger partial charge in [-0.25, -0.2) is 9.37 Å². The van der Waals surface area contributed by atoms with Gasteiger partial charge in [-0.05, 0) is 51.0 Å². The van der Waals surface area contributed by atoms with E-state index in [1.54, 1.807) is 4.90 Å². The van der Waals surface area contributed by atoms with Gasteiger partial charge in [-0.2, -0.15) is 0 Å². The summed E-state index contributed by atoms with van der Waals surface area (Å²) in [6.07, 6.45) is 6.22. The average molecular weight is 576 g/mol. The molecular weight excluding hydrogens is 541 g/mol. The first kappa shape index (κ1) is 27.0. The number of amides is 1. The zero-order valence-corrected chi connectivity index (χ0v) is 23.8. The standard InChI is InChI=1S/C30H34FN7O4/c1-18-13-40-14-19(2)38(18)29(39)22-9-20(31)3-4-25(22)42-28-27(34-17-35-36-28)37-15-30(16-37)10-21(11-30)41-26-6-8-33-24-5-7-32-12-23(24)26/h3-4,6,8-9,17-19,21,32H,5,7,10-16H2,1-2H3/t18-,19+. The molecule has 3 aliphatic heterocycles. The van der Waals surface area contributed by atoms with Gasteiger partial charge in [-0.3, -0.25) is 9.78 Å². The minimum atomic E-state index is -0.522. The zero-order valence-electron chi connectivity index (χ0n) is 23.8. The topological polar surface area (TPSA) is 115 Å². The van der Waals surface area contributed by atoms with E-state index in [9.17, 15) is 9.18 Å². The van der Waals surface area contributed by atoms with E-state index >= 15 is 0 Å². The number of aromatic nitrogens is 4.